The molecular weight excluding hydrogens is 242 g/mol. The minimum absolute atomic E-state index is 0.139. The highest BCUT2D eigenvalue weighted by atomic mass is 16.5. The topological polar surface area (TPSA) is 61.7 Å². The number of nitrogens with one attached hydrogen (secondary N) is 1. The summed E-state index contributed by atoms with van der Waals surface area (Å²) < 4.78 is 5.62. The maximum atomic E-state index is 9.35. The Hall–Kier alpha value is -1.10. The lowest BCUT2D eigenvalue weighted by atomic mass is 10.1. The summed E-state index contributed by atoms with van der Waals surface area (Å²) in [6, 6.07) is 6.49. The third kappa shape index (κ3) is 3.47. The van der Waals surface area contributed by atoms with E-state index in [9.17, 15) is 5.11 Å². The quantitative estimate of drug-likeness (QED) is 0.697. The van der Waals surface area contributed by atoms with Crippen LogP contribution in [0.1, 0.15) is 36.9 Å². The first-order valence-corrected chi connectivity index (χ1v) is 7.03. The first kappa shape index (κ1) is 14.3. The van der Waals surface area contributed by atoms with E-state index in [1.165, 1.54) is 11.1 Å². The summed E-state index contributed by atoms with van der Waals surface area (Å²) in [4.78, 5) is 0. The molecule has 1 aromatic carbocycles. The fourth-order valence-corrected chi connectivity index (χ4v) is 2.53. The van der Waals surface area contributed by atoms with Crippen molar-refractivity contribution < 1.29 is 14.9 Å². The second kappa shape index (κ2) is 6.89. The van der Waals surface area contributed by atoms with Gasteiger partial charge in [-0.3, -0.25) is 0 Å². The highest BCUT2D eigenvalue weighted by molar-refractivity contribution is 5.45. The van der Waals surface area contributed by atoms with Gasteiger partial charge < -0.3 is 20.3 Å². The van der Waals surface area contributed by atoms with E-state index in [0.29, 0.717) is 6.04 Å². The molecule has 0 spiro atoms. The van der Waals surface area contributed by atoms with Gasteiger partial charge in [0.1, 0.15) is 18.5 Å². The van der Waals surface area contributed by atoms with Crippen LogP contribution >= 0.6 is 0 Å². The van der Waals surface area contributed by atoms with Crippen LogP contribution in [0, 0.1) is 0 Å². The zero-order valence-electron chi connectivity index (χ0n) is 11.4. The molecule has 0 fully saturated rings. The highest BCUT2D eigenvalue weighted by Crippen LogP contribution is 2.36. The van der Waals surface area contributed by atoms with E-state index in [0.717, 1.165) is 31.6 Å². The van der Waals surface area contributed by atoms with Gasteiger partial charge in [0.25, 0.3) is 0 Å². The molecule has 1 aromatic rings. The Bertz CT molecular complexity index is 408. The predicted molar refractivity (Wildman–Crippen MR) is 74.4 cm³/mol. The Balaban J connectivity index is 2.05. The molecule has 0 aliphatic heterocycles. The van der Waals surface area contributed by atoms with Gasteiger partial charge in [-0.2, -0.15) is 0 Å². The van der Waals surface area contributed by atoms with Crippen molar-refractivity contribution in [2.75, 3.05) is 19.8 Å². The van der Waals surface area contributed by atoms with Crippen molar-refractivity contribution in [1.82, 2.24) is 5.32 Å². The first-order valence-electron chi connectivity index (χ1n) is 7.03. The normalized spacial score (nSPS) is 19.2. The van der Waals surface area contributed by atoms with E-state index in [1.807, 2.05) is 12.1 Å². The van der Waals surface area contributed by atoms with Crippen LogP contribution in [0.15, 0.2) is 18.2 Å². The van der Waals surface area contributed by atoms with Gasteiger partial charge in [0, 0.05) is 6.04 Å². The summed E-state index contributed by atoms with van der Waals surface area (Å²) in [7, 11) is 0. The molecule has 106 valence electrons. The van der Waals surface area contributed by atoms with Crippen molar-refractivity contribution in [2.45, 2.75) is 38.3 Å². The molecule has 1 aliphatic carbocycles. The number of rotatable bonds is 7. The van der Waals surface area contributed by atoms with Gasteiger partial charge in [-0.05, 0) is 43.0 Å². The van der Waals surface area contributed by atoms with E-state index in [2.05, 4.69) is 18.3 Å². The number of hydrogen-bond acceptors (Lipinski definition) is 4. The van der Waals surface area contributed by atoms with Gasteiger partial charge in [-0.15, -0.1) is 0 Å². The van der Waals surface area contributed by atoms with Crippen LogP contribution in [-0.2, 0) is 6.42 Å². The molecule has 2 atom stereocenters. The summed E-state index contributed by atoms with van der Waals surface area (Å²) >= 11 is 0. The molecule has 19 heavy (non-hydrogen) atoms. The van der Waals surface area contributed by atoms with Gasteiger partial charge >= 0.3 is 0 Å². The summed E-state index contributed by atoms with van der Waals surface area (Å²) in [6.45, 7) is 3.06. The molecule has 0 saturated heterocycles. The van der Waals surface area contributed by atoms with Crippen molar-refractivity contribution in [3.8, 4) is 5.75 Å². The third-order valence-corrected chi connectivity index (χ3v) is 3.51. The fourth-order valence-electron chi connectivity index (χ4n) is 2.53. The number of aliphatic hydroxyl groups excluding tert-OH is 2. The standard InChI is InChI=1S/C15H23NO3/c1-2-8-16-14-7-6-13-12(14)4-3-5-15(13)19-10-11(18)9-17/h3-5,11,14,16-18H,2,6-10H2,1H3. The number of fused-ring (bicyclic) bond motifs is 1. The Morgan fingerprint density at radius 2 is 2.32 bits per heavy atom. The largest absolute Gasteiger partial charge is 0.491 e. The lowest BCUT2D eigenvalue weighted by Crippen LogP contribution is -2.22. The minimum Gasteiger partial charge on any atom is -0.491 e. The third-order valence-electron chi connectivity index (χ3n) is 3.51. The summed E-state index contributed by atoms with van der Waals surface area (Å²) in [5.41, 5.74) is 2.55. The molecule has 1 aliphatic rings. The summed E-state index contributed by atoms with van der Waals surface area (Å²) in [5, 5.41) is 21.7. The molecule has 2 rings (SSSR count). The van der Waals surface area contributed by atoms with Crippen molar-refractivity contribution in [1.29, 1.82) is 0 Å². The first-order chi connectivity index (χ1) is 9.26. The molecule has 0 amide bonds. The fraction of sp³-hybridized carbons (Fsp3) is 0.600. The summed E-state index contributed by atoms with van der Waals surface area (Å²) in [5.74, 6) is 0.839. The number of benzene rings is 1. The minimum atomic E-state index is -0.814. The molecule has 0 radical (unpaired) electrons. The Labute approximate surface area is 114 Å². The van der Waals surface area contributed by atoms with Crippen molar-refractivity contribution in [2.24, 2.45) is 0 Å². The average Bonchev–Trinajstić information content (AvgIpc) is 2.86. The van der Waals surface area contributed by atoms with Gasteiger partial charge in [0.2, 0.25) is 0 Å². The lowest BCUT2D eigenvalue weighted by Gasteiger charge is -2.15. The molecule has 0 heterocycles. The molecule has 3 N–H and O–H groups in total. The second-order valence-corrected chi connectivity index (χ2v) is 5.02. The van der Waals surface area contributed by atoms with Crippen molar-refractivity contribution in [3.63, 3.8) is 0 Å². The van der Waals surface area contributed by atoms with Crippen LogP contribution in [0.4, 0.5) is 0 Å². The second-order valence-electron chi connectivity index (χ2n) is 5.02. The Morgan fingerprint density at radius 1 is 1.47 bits per heavy atom. The number of hydrogen-bond donors (Lipinski definition) is 3. The van der Waals surface area contributed by atoms with Crippen LogP contribution in [0.2, 0.25) is 0 Å². The molecule has 2 unspecified atom stereocenters. The van der Waals surface area contributed by atoms with Crippen LogP contribution in [0.3, 0.4) is 0 Å². The van der Waals surface area contributed by atoms with E-state index in [4.69, 9.17) is 9.84 Å². The summed E-state index contributed by atoms with van der Waals surface area (Å²) in [6.07, 6.45) is 2.41. The van der Waals surface area contributed by atoms with Crippen molar-refractivity contribution in [3.05, 3.63) is 29.3 Å². The SMILES string of the molecule is CCCNC1CCc2c(OCC(O)CO)cccc21. The van der Waals surface area contributed by atoms with Crippen molar-refractivity contribution >= 4 is 0 Å². The van der Waals surface area contributed by atoms with Gasteiger partial charge in [0.05, 0.1) is 6.61 Å². The van der Waals surface area contributed by atoms with Crippen LogP contribution < -0.4 is 10.1 Å². The maximum absolute atomic E-state index is 9.35. The molecule has 4 heteroatoms. The monoisotopic (exact) mass is 265 g/mol. The smallest absolute Gasteiger partial charge is 0.122 e. The predicted octanol–water partition coefficient (Wildman–Crippen LogP) is 1.41. The van der Waals surface area contributed by atoms with E-state index in [-0.39, 0.29) is 13.2 Å². The van der Waals surface area contributed by atoms with Crippen LogP contribution in [-0.4, -0.2) is 36.1 Å². The average molecular weight is 265 g/mol. The van der Waals surface area contributed by atoms with Crippen LogP contribution in [0.5, 0.6) is 5.75 Å². The number of aliphatic hydroxyl groups is 2. The van der Waals surface area contributed by atoms with Gasteiger partial charge in [-0.25, -0.2) is 0 Å². The molecule has 0 aromatic heterocycles. The van der Waals surface area contributed by atoms with Gasteiger partial charge in [-0.1, -0.05) is 19.1 Å². The Kier molecular flexibility index (Phi) is 5.19. The molecular formula is C15H23NO3. The van der Waals surface area contributed by atoms with Gasteiger partial charge in [0.15, 0.2) is 0 Å². The number of ether oxygens (including phenoxy) is 1. The Morgan fingerprint density at radius 3 is 3.05 bits per heavy atom. The molecule has 0 saturated carbocycles. The maximum Gasteiger partial charge on any atom is 0.122 e. The van der Waals surface area contributed by atoms with E-state index >= 15 is 0 Å². The molecule has 0 bridgehead atoms. The van der Waals surface area contributed by atoms with E-state index < -0.39 is 6.10 Å². The highest BCUT2D eigenvalue weighted by Gasteiger charge is 2.24. The van der Waals surface area contributed by atoms with Crippen LogP contribution in [0.25, 0.3) is 0 Å². The zero-order chi connectivity index (χ0) is 13.7. The lowest BCUT2D eigenvalue weighted by molar-refractivity contribution is 0.0533. The zero-order valence-corrected chi connectivity index (χ0v) is 11.4. The van der Waals surface area contributed by atoms with E-state index in [1.54, 1.807) is 0 Å². The molecule has 4 nitrogen and oxygen atoms in total.